The molecule has 0 fully saturated rings. The van der Waals surface area contributed by atoms with E-state index in [-0.39, 0.29) is 0 Å². The largest absolute Gasteiger partial charge is 0.253 e. The van der Waals surface area contributed by atoms with Crippen LogP contribution in [0.1, 0.15) is 25.6 Å². The van der Waals surface area contributed by atoms with Gasteiger partial charge in [-0.1, -0.05) is 25.5 Å². The van der Waals surface area contributed by atoms with Crippen LogP contribution in [0.4, 0.5) is 0 Å². The Morgan fingerprint density at radius 1 is 1.27 bits per heavy atom. The standard InChI is InChI=1S/C13H19N2/c1-4-5-10-15-11(2)14(3)12-8-6-7-9-13(12)15/h6-9H,4-5,10H2,1-3H3/q+1. The molecule has 0 atom stereocenters. The fourth-order valence-corrected chi connectivity index (χ4v) is 2.10. The molecule has 2 aromatic rings. The number of nitrogens with zero attached hydrogens (tertiary/aromatic N) is 2. The van der Waals surface area contributed by atoms with Crippen LogP contribution in [0, 0.1) is 6.92 Å². The Morgan fingerprint density at radius 2 is 2.00 bits per heavy atom. The second kappa shape index (κ2) is 4.05. The first-order chi connectivity index (χ1) is 7.25. The Bertz CT molecular complexity index is 469. The lowest BCUT2D eigenvalue weighted by Gasteiger charge is -1.97. The highest BCUT2D eigenvalue weighted by Crippen LogP contribution is 2.12. The van der Waals surface area contributed by atoms with Crippen molar-refractivity contribution in [1.29, 1.82) is 0 Å². The number of fused-ring (bicyclic) bond motifs is 1. The maximum atomic E-state index is 2.42. The van der Waals surface area contributed by atoms with Crippen LogP contribution in [0.3, 0.4) is 0 Å². The molecule has 2 nitrogen and oxygen atoms in total. The zero-order valence-corrected chi connectivity index (χ0v) is 9.83. The summed E-state index contributed by atoms with van der Waals surface area (Å²) in [6, 6.07) is 8.61. The molecule has 0 aliphatic carbocycles. The van der Waals surface area contributed by atoms with E-state index in [0.717, 1.165) is 6.54 Å². The molecule has 1 aromatic heterocycles. The summed E-state index contributed by atoms with van der Waals surface area (Å²) in [6.45, 7) is 5.56. The van der Waals surface area contributed by atoms with Gasteiger partial charge in [-0.15, -0.1) is 0 Å². The third kappa shape index (κ3) is 1.65. The van der Waals surface area contributed by atoms with E-state index in [1.54, 1.807) is 0 Å². The maximum Gasteiger partial charge on any atom is 0.253 e. The SMILES string of the molecule is CCCC[n+]1c(C)n(C)c2ccccc21. The molecule has 0 aliphatic heterocycles. The average Bonchev–Trinajstić information content (AvgIpc) is 2.51. The monoisotopic (exact) mass is 203 g/mol. The second-order valence-electron chi connectivity index (χ2n) is 4.10. The van der Waals surface area contributed by atoms with Crippen LogP contribution in [-0.4, -0.2) is 4.57 Å². The number of para-hydroxylation sites is 2. The highest BCUT2D eigenvalue weighted by Gasteiger charge is 2.17. The third-order valence-electron chi connectivity index (χ3n) is 3.15. The topological polar surface area (TPSA) is 8.81 Å². The summed E-state index contributed by atoms with van der Waals surface area (Å²) in [5, 5.41) is 0. The van der Waals surface area contributed by atoms with Gasteiger partial charge in [0, 0.05) is 6.92 Å². The Kier molecular flexibility index (Phi) is 2.76. The first-order valence-corrected chi connectivity index (χ1v) is 5.69. The van der Waals surface area contributed by atoms with Crippen molar-refractivity contribution in [2.24, 2.45) is 7.05 Å². The van der Waals surface area contributed by atoms with Gasteiger partial charge >= 0.3 is 0 Å². The number of aryl methyl sites for hydroxylation is 2. The number of imidazole rings is 1. The van der Waals surface area contributed by atoms with E-state index in [2.05, 4.69) is 54.3 Å². The zero-order chi connectivity index (χ0) is 10.8. The fraction of sp³-hybridized carbons (Fsp3) is 0.462. The van der Waals surface area contributed by atoms with Gasteiger partial charge in [-0.3, -0.25) is 0 Å². The summed E-state index contributed by atoms with van der Waals surface area (Å²) in [6.07, 6.45) is 2.50. The molecule has 0 saturated heterocycles. The molecule has 80 valence electrons. The van der Waals surface area contributed by atoms with Crippen LogP contribution in [-0.2, 0) is 13.6 Å². The van der Waals surface area contributed by atoms with Crippen molar-refractivity contribution in [2.45, 2.75) is 33.2 Å². The van der Waals surface area contributed by atoms with E-state index in [0.29, 0.717) is 0 Å². The van der Waals surface area contributed by atoms with Crippen LogP contribution >= 0.6 is 0 Å². The van der Waals surface area contributed by atoms with Crippen molar-refractivity contribution in [3.8, 4) is 0 Å². The summed E-state index contributed by atoms with van der Waals surface area (Å²) in [5.41, 5.74) is 2.68. The van der Waals surface area contributed by atoms with Gasteiger partial charge in [0.15, 0.2) is 11.0 Å². The molecule has 15 heavy (non-hydrogen) atoms. The van der Waals surface area contributed by atoms with E-state index >= 15 is 0 Å². The number of rotatable bonds is 3. The van der Waals surface area contributed by atoms with Crippen LogP contribution in [0.2, 0.25) is 0 Å². The molecule has 0 amide bonds. The van der Waals surface area contributed by atoms with Crippen molar-refractivity contribution < 1.29 is 4.57 Å². The summed E-state index contributed by atoms with van der Waals surface area (Å²) in [4.78, 5) is 0. The molecule has 2 rings (SSSR count). The third-order valence-corrected chi connectivity index (χ3v) is 3.15. The lowest BCUT2D eigenvalue weighted by atomic mass is 10.3. The van der Waals surface area contributed by atoms with Crippen molar-refractivity contribution in [2.75, 3.05) is 0 Å². The molecule has 0 saturated carbocycles. The molecule has 0 unspecified atom stereocenters. The number of unbranched alkanes of at least 4 members (excludes halogenated alkanes) is 1. The number of benzene rings is 1. The van der Waals surface area contributed by atoms with Gasteiger partial charge in [-0.2, -0.15) is 0 Å². The van der Waals surface area contributed by atoms with E-state index in [1.807, 2.05) is 0 Å². The molecular formula is C13H19N2+. The molecular weight excluding hydrogens is 184 g/mol. The lowest BCUT2D eigenvalue weighted by Crippen LogP contribution is -2.36. The van der Waals surface area contributed by atoms with Gasteiger partial charge in [-0.25, -0.2) is 9.13 Å². The smallest absolute Gasteiger partial charge is 0.230 e. The van der Waals surface area contributed by atoms with E-state index in [4.69, 9.17) is 0 Å². The van der Waals surface area contributed by atoms with Crippen molar-refractivity contribution >= 4 is 11.0 Å². The minimum atomic E-state index is 1.13. The first-order valence-electron chi connectivity index (χ1n) is 5.69. The Balaban J connectivity index is 2.56. The first kappa shape index (κ1) is 10.2. The van der Waals surface area contributed by atoms with Crippen LogP contribution < -0.4 is 4.57 Å². The van der Waals surface area contributed by atoms with E-state index < -0.39 is 0 Å². The normalized spacial score (nSPS) is 11.1. The van der Waals surface area contributed by atoms with Crippen molar-refractivity contribution in [3.05, 3.63) is 30.1 Å². The summed E-state index contributed by atoms with van der Waals surface area (Å²) >= 11 is 0. The van der Waals surface area contributed by atoms with Crippen molar-refractivity contribution in [1.82, 2.24) is 4.57 Å². The average molecular weight is 203 g/mol. The van der Waals surface area contributed by atoms with Gasteiger partial charge in [0.2, 0.25) is 0 Å². The number of hydrogen-bond donors (Lipinski definition) is 0. The highest BCUT2D eigenvalue weighted by molar-refractivity contribution is 5.71. The number of aromatic nitrogens is 2. The van der Waals surface area contributed by atoms with Crippen LogP contribution in [0.5, 0.6) is 0 Å². The minimum absolute atomic E-state index is 1.13. The van der Waals surface area contributed by atoms with Gasteiger partial charge in [-0.05, 0) is 18.6 Å². The van der Waals surface area contributed by atoms with Gasteiger partial charge in [0.05, 0.1) is 13.6 Å². The quantitative estimate of drug-likeness (QED) is 0.678. The number of hydrogen-bond acceptors (Lipinski definition) is 0. The molecule has 1 aromatic carbocycles. The lowest BCUT2D eigenvalue weighted by molar-refractivity contribution is -0.678. The predicted molar refractivity (Wildman–Crippen MR) is 62.8 cm³/mol. The van der Waals surface area contributed by atoms with Gasteiger partial charge in [0.25, 0.3) is 5.82 Å². The van der Waals surface area contributed by atoms with Gasteiger partial charge in [0.1, 0.15) is 0 Å². The molecule has 1 heterocycles. The maximum absolute atomic E-state index is 2.42. The Labute approximate surface area is 91.2 Å². The predicted octanol–water partition coefficient (Wildman–Crippen LogP) is 2.57. The minimum Gasteiger partial charge on any atom is -0.230 e. The molecule has 0 radical (unpaired) electrons. The molecule has 0 spiro atoms. The Morgan fingerprint density at radius 3 is 2.73 bits per heavy atom. The fourth-order valence-electron chi connectivity index (χ4n) is 2.10. The van der Waals surface area contributed by atoms with E-state index in [1.165, 1.54) is 29.7 Å². The Hall–Kier alpha value is -1.31. The summed E-state index contributed by atoms with van der Waals surface area (Å²) < 4.78 is 4.68. The second-order valence-corrected chi connectivity index (χ2v) is 4.10. The van der Waals surface area contributed by atoms with Crippen molar-refractivity contribution in [3.63, 3.8) is 0 Å². The molecule has 0 N–H and O–H groups in total. The van der Waals surface area contributed by atoms with Crippen LogP contribution in [0.15, 0.2) is 24.3 Å². The molecule has 0 aliphatic rings. The highest BCUT2D eigenvalue weighted by atomic mass is 15.1. The van der Waals surface area contributed by atoms with Gasteiger partial charge < -0.3 is 0 Å². The summed E-state index contributed by atoms with van der Waals surface area (Å²) in [7, 11) is 2.14. The molecule has 2 heteroatoms. The summed E-state index contributed by atoms with van der Waals surface area (Å²) in [5.74, 6) is 1.34. The van der Waals surface area contributed by atoms with Crippen LogP contribution in [0.25, 0.3) is 11.0 Å². The van der Waals surface area contributed by atoms with E-state index in [9.17, 15) is 0 Å². The molecule has 0 bridgehead atoms. The zero-order valence-electron chi connectivity index (χ0n) is 9.83.